The van der Waals surface area contributed by atoms with Crippen LogP contribution < -0.4 is 5.32 Å². The summed E-state index contributed by atoms with van der Waals surface area (Å²) in [5, 5.41) is 12.2. The molecule has 2 aromatic rings. The van der Waals surface area contributed by atoms with Gasteiger partial charge in [-0.05, 0) is 13.3 Å². The Balaban J connectivity index is 2.12. The third kappa shape index (κ3) is 4.82. The molecule has 0 saturated carbocycles. The Morgan fingerprint density at radius 1 is 1.33 bits per heavy atom. The molecule has 1 aromatic carbocycles. The lowest BCUT2D eigenvalue weighted by molar-refractivity contribution is -0.118. The molecule has 1 atom stereocenters. The fraction of sp³-hybridized carbons (Fsp3) is 0.471. The van der Waals surface area contributed by atoms with Gasteiger partial charge < -0.3 is 10.1 Å². The van der Waals surface area contributed by atoms with Crippen molar-refractivity contribution >= 4 is 17.7 Å². The topological polar surface area (TPSA) is 69.0 Å². The van der Waals surface area contributed by atoms with Gasteiger partial charge in [0.2, 0.25) is 5.91 Å². The number of amides is 1. The summed E-state index contributed by atoms with van der Waals surface area (Å²) in [6.07, 6.45) is 0.964. The molecular weight excluding hydrogens is 324 g/mol. The van der Waals surface area contributed by atoms with Crippen LogP contribution in [0, 0.1) is 0 Å². The minimum absolute atomic E-state index is 0.0305. The second-order valence-electron chi connectivity index (χ2n) is 5.43. The predicted octanol–water partition coefficient (Wildman–Crippen LogP) is 2.77. The maximum Gasteiger partial charge on any atom is 0.230 e. The van der Waals surface area contributed by atoms with Gasteiger partial charge in [0.15, 0.2) is 11.0 Å². The first-order valence-corrected chi connectivity index (χ1v) is 9.04. The standard InChI is InChI=1S/C17H24N4O2S/c1-4-13(2)21-16(14-8-6-5-7-9-14)19-20-17(21)24-12-15(22)18-10-11-23-3/h5-9,13H,4,10-12H2,1-3H3,(H,18,22)/t13-/m1/s1. The highest BCUT2D eigenvalue weighted by Gasteiger charge is 2.18. The number of ether oxygens (including phenoxy) is 1. The van der Waals surface area contributed by atoms with E-state index in [0.717, 1.165) is 23.0 Å². The number of nitrogens with zero attached hydrogens (tertiary/aromatic N) is 3. The van der Waals surface area contributed by atoms with Gasteiger partial charge in [0.05, 0.1) is 12.4 Å². The van der Waals surface area contributed by atoms with Crippen LogP contribution in [-0.2, 0) is 9.53 Å². The normalized spacial score (nSPS) is 12.1. The second-order valence-corrected chi connectivity index (χ2v) is 6.37. The predicted molar refractivity (Wildman–Crippen MR) is 96.1 cm³/mol. The number of methoxy groups -OCH3 is 1. The molecule has 0 radical (unpaired) electrons. The molecule has 7 heteroatoms. The van der Waals surface area contributed by atoms with Gasteiger partial charge in [-0.15, -0.1) is 10.2 Å². The Morgan fingerprint density at radius 3 is 2.75 bits per heavy atom. The lowest BCUT2D eigenvalue weighted by Gasteiger charge is -2.16. The number of carbonyl (C=O) groups excluding carboxylic acids is 1. The summed E-state index contributed by atoms with van der Waals surface area (Å²) in [6, 6.07) is 10.3. The smallest absolute Gasteiger partial charge is 0.230 e. The summed E-state index contributed by atoms with van der Waals surface area (Å²) in [6.45, 7) is 5.30. The van der Waals surface area contributed by atoms with Gasteiger partial charge in [-0.2, -0.15) is 0 Å². The molecule has 0 aliphatic rings. The Morgan fingerprint density at radius 2 is 2.08 bits per heavy atom. The zero-order valence-electron chi connectivity index (χ0n) is 14.4. The average molecular weight is 348 g/mol. The average Bonchev–Trinajstić information content (AvgIpc) is 3.04. The molecule has 2 rings (SSSR count). The number of hydrogen-bond donors (Lipinski definition) is 1. The van der Waals surface area contributed by atoms with E-state index < -0.39 is 0 Å². The van der Waals surface area contributed by atoms with Crippen LogP contribution in [0.25, 0.3) is 11.4 Å². The monoisotopic (exact) mass is 348 g/mol. The first-order valence-electron chi connectivity index (χ1n) is 8.06. The number of benzene rings is 1. The van der Waals surface area contributed by atoms with Gasteiger partial charge in [-0.1, -0.05) is 49.0 Å². The molecule has 1 heterocycles. The molecule has 0 aliphatic carbocycles. The molecule has 0 spiro atoms. The number of aromatic nitrogens is 3. The Bertz CT molecular complexity index is 645. The maximum atomic E-state index is 11.9. The van der Waals surface area contributed by atoms with Gasteiger partial charge in [0.1, 0.15) is 0 Å². The quantitative estimate of drug-likeness (QED) is 0.557. The first kappa shape index (κ1) is 18.5. The number of nitrogens with one attached hydrogen (secondary N) is 1. The molecular formula is C17H24N4O2S. The van der Waals surface area contributed by atoms with E-state index in [1.54, 1.807) is 7.11 Å². The van der Waals surface area contributed by atoms with Gasteiger partial charge in [-0.25, -0.2) is 0 Å². The van der Waals surface area contributed by atoms with Crippen molar-refractivity contribution in [1.29, 1.82) is 0 Å². The van der Waals surface area contributed by atoms with E-state index in [1.165, 1.54) is 11.8 Å². The van der Waals surface area contributed by atoms with Crippen LogP contribution in [0.2, 0.25) is 0 Å². The van der Waals surface area contributed by atoms with E-state index in [1.807, 2.05) is 30.3 Å². The molecule has 6 nitrogen and oxygen atoms in total. The molecule has 0 fully saturated rings. The first-order chi connectivity index (χ1) is 11.7. The summed E-state index contributed by atoms with van der Waals surface area (Å²) in [5.74, 6) is 1.12. The third-order valence-corrected chi connectivity index (χ3v) is 4.63. The van der Waals surface area contributed by atoms with E-state index >= 15 is 0 Å². The van der Waals surface area contributed by atoms with E-state index in [2.05, 4.69) is 33.9 Å². The van der Waals surface area contributed by atoms with Crippen molar-refractivity contribution in [2.24, 2.45) is 0 Å². The molecule has 24 heavy (non-hydrogen) atoms. The van der Waals surface area contributed by atoms with Crippen molar-refractivity contribution in [3.8, 4) is 11.4 Å². The SMILES string of the molecule is CC[C@@H](C)n1c(SCC(=O)NCCOC)nnc1-c1ccccc1. The number of hydrogen-bond acceptors (Lipinski definition) is 5. The van der Waals surface area contributed by atoms with E-state index in [-0.39, 0.29) is 11.9 Å². The highest BCUT2D eigenvalue weighted by atomic mass is 32.2. The molecule has 0 aliphatic heterocycles. The van der Waals surface area contributed by atoms with Gasteiger partial charge in [-0.3, -0.25) is 9.36 Å². The largest absolute Gasteiger partial charge is 0.383 e. The van der Waals surface area contributed by atoms with Crippen LogP contribution in [0.4, 0.5) is 0 Å². The molecule has 130 valence electrons. The number of thioether (sulfide) groups is 1. The van der Waals surface area contributed by atoms with Crippen LogP contribution in [0.1, 0.15) is 26.3 Å². The molecule has 0 unspecified atom stereocenters. The molecule has 1 N–H and O–H groups in total. The summed E-state index contributed by atoms with van der Waals surface area (Å²) in [4.78, 5) is 11.9. The fourth-order valence-corrected chi connectivity index (χ4v) is 3.08. The highest BCUT2D eigenvalue weighted by molar-refractivity contribution is 7.99. The van der Waals surface area contributed by atoms with Crippen LogP contribution in [-0.4, -0.2) is 46.7 Å². The van der Waals surface area contributed by atoms with Crippen molar-refractivity contribution in [2.45, 2.75) is 31.5 Å². The van der Waals surface area contributed by atoms with Crippen molar-refractivity contribution in [2.75, 3.05) is 26.0 Å². The van der Waals surface area contributed by atoms with E-state index in [4.69, 9.17) is 4.74 Å². The minimum atomic E-state index is -0.0305. The lowest BCUT2D eigenvalue weighted by Crippen LogP contribution is -2.28. The summed E-state index contributed by atoms with van der Waals surface area (Å²) < 4.78 is 7.04. The van der Waals surface area contributed by atoms with Gasteiger partial charge in [0, 0.05) is 25.3 Å². The number of rotatable bonds is 9. The van der Waals surface area contributed by atoms with E-state index in [0.29, 0.717) is 18.9 Å². The fourth-order valence-electron chi connectivity index (χ4n) is 2.21. The Labute approximate surface area is 147 Å². The van der Waals surface area contributed by atoms with Crippen LogP contribution in [0.3, 0.4) is 0 Å². The molecule has 0 saturated heterocycles. The zero-order valence-corrected chi connectivity index (χ0v) is 15.2. The Hall–Kier alpha value is -1.86. The molecule has 0 bridgehead atoms. The lowest BCUT2D eigenvalue weighted by atomic mass is 10.2. The Kier molecular flexibility index (Phi) is 7.27. The van der Waals surface area contributed by atoms with Crippen molar-refractivity contribution in [3.63, 3.8) is 0 Å². The zero-order chi connectivity index (χ0) is 17.4. The maximum absolute atomic E-state index is 11.9. The van der Waals surface area contributed by atoms with Crippen molar-refractivity contribution < 1.29 is 9.53 Å². The highest BCUT2D eigenvalue weighted by Crippen LogP contribution is 2.28. The third-order valence-electron chi connectivity index (χ3n) is 3.69. The summed E-state index contributed by atoms with van der Waals surface area (Å²) >= 11 is 1.41. The van der Waals surface area contributed by atoms with Gasteiger partial charge in [0.25, 0.3) is 0 Å². The minimum Gasteiger partial charge on any atom is -0.383 e. The number of carbonyl (C=O) groups is 1. The summed E-state index contributed by atoms with van der Waals surface area (Å²) in [7, 11) is 1.61. The van der Waals surface area contributed by atoms with Crippen LogP contribution in [0.15, 0.2) is 35.5 Å². The summed E-state index contributed by atoms with van der Waals surface area (Å²) in [5.41, 5.74) is 1.03. The molecule has 1 aromatic heterocycles. The van der Waals surface area contributed by atoms with Gasteiger partial charge >= 0.3 is 0 Å². The van der Waals surface area contributed by atoms with Crippen LogP contribution >= 0.6 is 11.8 Å². The van der Waals surface area contributed by atoms with Crippen molar-refractivity contribution in [1.82, 2.24) is 20.1 Å². The van der Waals surface area contributed by atoms with Crippen LogP contribution in [0.5, 0.6) is 0 Å². The van der Waals surface area contributed by atoms with E-state index in [9.17, 15) is 4.79 Å². The van der Waals surface area contributed by atoms with Crippen molar-refractivity contribution in [3.05, 3.63) is 30.3 Å². The molecule has 1 amide bonds. The second kappa shape index (κ2) is 9.44.